The van der Waals surface area contributed by atoms with Gasteiger partial charge in [-0.1, -0.05) is 32.9 Å². The first kappa shape index (κ1) is 12.9. The smallest absolute Gasteiger partial charge is 0.464 e. The quantitative estimate of drug-likeness (QED) is 0.793. The molecule has 94 valence electrons. The monoisotopic (exact) mass is 244 g/mol. The van der Waals surface area contributed by atoms with Crippen LogP contribution in [0.3, 0.4) is 0 Å². The molecule has 0 aliphatic heterocycles. The van der Waals surface area contributed by atoms with Crippen LogP contribution in [0.25, 0.3) is 11.3 Å². The zero-order valence-corrected chi connectivity index (χ0v) is 10.8. The van der Waals surface area contributed by atoms with Crippen molar-refractivity contribution in [1.29, 1.82) is 0 Å². The van der Waals surface area contributed by atoms with Crippen LogP contribution >= 0.6 is 0 Å². The highest BCUT2D eigenvalue weighted by Crippen LogP contribution is 2.27. The van der Waals surface area contributed by atoms with Gasteiger partial charge in [-0.25, -0.2) is 0 Å². The van der Waals surface area contributed by atoms with Crippen LogP contribution in [0.1, 0.15) is 26.3 Å². The summed E-state index contributed by atoms with van der Waals surface area (Å²) in [4.78, 5) is 0. The van der Waals surface area contributed by atoms with E-state index in [0.717, 1.165) is 16.9 Å². The fourth-order valence-electron chi connectivity index (χ4n) is 1.82. The fourth-order valence-corrected chi connectivity index (χ4v) is 1.82. The summed E-state index contributed by atoms with van der Waals surface area (Å²) in [5.41, 5.74) is 2.32. The van der Waals surface area contributed by atoms with Crippen LogP contribution in [0, 0.1) is 0 Å². The van der Waals surface area contributed by atoms with Gasteiger partial charge in [0.15, 0.2) is 0 Å². The Morgan fingerprint density at radius 2 is 1.83 bits per heavy atom. The van der Waals surface area contributed by atoms with Crippen LogP contribution in [0.2, 0.25) is 0 Å². The van der Waals surface area contributed by atoms with Gasteiger partial charge in [-0.3, -0.25) is 0 Å². The lowest BCUT2D eigenvalue weighted by Crippen LogP contribution is -2.31. The van der Waals surface area contributed by atoms with Crippen LogP contribution in [0.15, 0.2) is 41.0 Å². The second-order valence-corrected chi connectivity index (χ2v) is 5.44. The molecule has 2 aromatic rings. The summed E-state index contributed by atoms with van der Waals surface area (Å²) in [5.74, 6) is 0.725. The zero-order valence-electron chi connectivity index (χ0n) is 10.8. The zero-order chi connectivity index (χ0) is 13.3. The molecule has 0 unspecified atom stereocenters. The molecule has 0 radical (unpaired) electrons. The number of furan rings is 1. The van der Waals surface area contributed by atoms with Crippen molar-refractivity contribution in [3.8, 4) is 11.3 Å². The van der Waals surface area contributed by atoms with E-state index in [1.54, 1.807) is 12.3 Å². The van der Waals surface area contributed by atoms with Crippen molar-refractivity contribution in [1.82, 2.24) is 0 Å². The average molecular weight is 244 g/mol. The topological polar surface area (TPSA) is 53.6 Å². The van der Waals surface area contributed by atoms with Gasteiger partial charge in [0.2, 0.25) is 0 Å². The average Bonchev–Trinajstić information content (AvgIpc) is 2.80. The minimum Gasteiger partial charge on any atom is -0.464 e. The van der Waals surface area contributed by atoms with E-state index in [-0.39, 0.29) is 5.41 Å². The van der Waals surface area contributed by atoms with E-state index in [2.05, 4.69) is 20.8 Å². The molecule has 3 nitrogen and oxygen atoms in total. The van der Waals surface area contributed by atoms with Crippen molar-refractivity contribution in [2.24, 2.45) is 0 Å². The Morgan fingerprint density at radius 1 is 1.11 bits per heavy atom. The van der Waals surface area contributed by atoms with E-state index in [9.17, 15) is 10.0 Å². The Kier molecular flexibility index (Phi) is 3.33. The molecule has 0 fully saturated rings. The van der Waals surface area contributed by atoms with Crippen LogP contribution in [-0.2, 0) is 5.41 Å². The second kappa shape index (κ2) is 4.63. The lowest BCUT2D eigenvalue weighted by atomic mass is 9.75. The van der Waals surface area contributed by atoms with Gasteiger partial charge in [-0.05, 0) is 34.6 Å². The fraction of sp³-hybridized carbons (Fsp3) is 0.286. The second-order valence-electron chi connectivity index (χ2n) is 5.44. The van der Waals surface area contributed by atoms with Crippen molar-refractivity contribution < 1.29 is 14.5 Å². The van der Waals surface area contributed by atoms with Gasteiger partial charge >= 0.3 is 7.12 Å². The van der Waals surface area contributed by atoms with Crippen molar-refractivity contribution in [2.45, 2.75) is 26.2 Å². The third-order valence-corrected chi connectivity index (χ3v) is 2.93. The van der Waals surface area contributed by atoms with Gasteiger partial charge < -0.3 is 14.5 Å². The van der Waals surface area contributed by atoms with Gasteiger partial charge in [0.05, 0.1) is 6.26 Å². The first-order chi connectivity index (χ1) is 8.38. The third-order valence-electron chi connectivity index (χ3n) is 2.93. The first-order valence-corrected chi connectivity index (χ1v) is 5.93. The molecule has 18 heavy (non-hydrogen) atoms. The molecule has 1 aromatic heterocycles. The molecule has 0 aliphatic carbocycles. The predicted molar refractivity (Wildman–Crippen MR) is 72.7 cm³/mol. The van der Waals surface area contributed by atoms with E-state index >= 15 is 0 Å². The highest BCUT2D eigenvalue weighted by atomic mass is 16.4. The molecule has 0 bridgehead atoms. The summed E-state index contributed by atoms with van der Waals surface area (Å²) in [6.07, 6.45) is 1.61. The van der Waals surface area contributed by atoms with Crippen LogP contribution in [-0.4, -0.2) is 17.2 Å². The van der Waals surface area contributed by atoms with Crippen LogP contribution < -0.4 is 5.46 Å². The first-order valence-electron chi connectivity index (χ1n) is 5.93. The molecular formula is C14H17BO3. The summed E-state index contributed by atoms with van der Waals surface area (Å²) in [6, 6.07) is 9.24. The van der Waals surface area contributed by atoms with Gasteiger partial charge in [-0.2, -0.15) is 0 Å². The van der Waals surface area contributed by atoms with E-state index in [0.29, 0.717) is 5.46 Å². The maximum absolute atomic E-state index is 9.36. The van der Waals surface area contributed by atoms with E-state index < -0.39 is 7.12 Å². The van der Waals surface area contributed by atoms with Gasteiger partial charge in [0, 0.05) is 5.56 Å². The lowest BCUT2D eigenvalue weighted by molar-refractivity contribution is 0.425. The summed E-state index contributed by atoms with van der Waals surface area (Å²) in [6.45, 7) is 6.26. The maximum Gasteiger partial charge on any atom is 0.488 e. The number of hydrogen-bond donors (Lipinski definition) is 2. The highest BCUT2D eigenvalue weighted by Gasteiger charge is 2.20. The Bertz CT molecular complexity index is 524. The standard InChI is InChI=1S/C14H17BO3/c1-14(2,3)11-7-10(13-5-4-6-18-13)8-12(9-11)15(16)17/h4-9,16-17H,1-3H3. The summed E-state index contributed by atoms with van der Waals surface area (Å²) >= 11 is 0. The van der Waals surface area contributed by atoms with Gasteiger partial charge in [-0.15, -0.1) is 0 Å². The summed E-state index contributed by atoms with van der Waals surface area (Å²) in [7, 11) is -1.47. The van der Waals surface area contributed by atoms with Crippen LogP contribution in [0.4, 0.5) is 0 Å². The Morgan fingerprint density at radius 3 is 2.33 bits per heavy atom. The molecule has 0 spiro atoms. The summed E-state index contributed by atoms with van der Waals surface area (Å²) < 4.78 is 5.36. The normalized spacial score (nSPS) is 11.6. The molecule has 0 amide bonds. The number of hydrogen-bond acceptors (Lipinski definition) is 3. The Hall–Kier alpha value is -1.52. The number of rotatable bonds is 2. The van der Waals surface area contributed by atoms with Crippen molar-refractivity contribution >= 4 is 12.6 Å². The molecule has 0 saturated carbocycles. The van der Waals surface area contributed by atoms with Gasteiger partial charge in [0.25, 0.3) is 0 Å². The third kappa shape index (κ3) is 2.66. The van der Waals surface area contributed by atoms with E-state index in [1.807, 2.05) is 24.3 Å². The molecule has 0 atom stereocenters. The lowest BCUT2D eigenvalue weighted by Gasteiger charge is -2.21. The highest BCUT2D eigenvalue weighted by molar-refractivity contribution is 6.58. The minimum absolute atomic E-state index is 0.0633. The maximum atomic E-state index is 9.36. The molecule has 0 aliphatic rings. The van der Waals surface area contributed by atoms with Crippen molar-refractivity contribution in [2.75, 3.05) is 0 Å². The molecule has 2 rings (SSSR count). The van der Waals surface area contributed by atoms with Crippen molar-refractivity contribution in [3.05, 3.63) is 42.2 Å². The molecule has 0 saturated heterocycles. The summed E-state index contributed by atoms with van der Waals surface area (Å²) in [5, 5.41) is 18.7. The largest absolute Gasteiger partial charge is 0.488 e. The molecule has 1 aromatic carbocycles. The van der Waals surface area contributed by atoms with Gasteiger partial charge in [0.1, 0.15) is 5.76 Å². The molecule has 4 heteroatoms. The van der Waals surface area contributed by atoms with E-state index in [4.69, 9.17) is 4.42 Å². The molecular weight excluding hydrogens is 227 g/mol. The number of benzene rings is 1. The molecule has 1 heterocycles. The Balaban J connectivity index is 2.57. The molecule has 2 N–H and O–H groups in total. The SMILES string of the molecule is CC(C)(C)c1cc(B(O)O)cc(-c2ccco2)c1. The minimum atomic E-state index is -1.47. The van der Waals surface area contributed by atoms with Crippen molar-refractivity contribution in [3.63, 3.8) is 0 Å². The predicted octanol–water partition coefficient (Wildman–Crippen LogP) is 1.92. The van der Waals surface area contributed by atoms with E-state index in [1.165, 1.54) is 0 Å². The Labute approximate surface area is 107 Å². The van der Waals surface area contributed by atoms with Crippen LogP contribution in [0.5, 0.6) is 0 Å².